The van der Waals surface area contributed by atoms with E-state index in [1.54, 1.807) is 0 Å². The van der Waals surface area contributed by atoms with Crippen molar-refractivity contribution in [1.82, 2.24) is 0 Å². The second kappa shape index (κ2) is 8.80. The van der Waals surface area contributed by atoms with Crippen molar-refractivity contribution < 1.29 is 9.84 Å². The van der Waals surface area contributed by atoms with E-state index in [1.165, 1.54) is 16.3 Å². The highest BCUT2D eigenvalue weighted by Gasteiger charge is 2.14. The van der Waals surface area contributed by atoms with E-state index in [-0.39, 0.29) is 6.10 Å². The topological polar surface area (TPSA) is 29.5 Å². The van der Waals surface area contributed by atoms with E-state index in [2.05, 4.69) is 42.5 Å². The Morgan fingerprint density at radius 2 is 1.60 bits per heavy atom. The standard InChI is InChI=1S/C23H26O2/c1-18(25-17-19-9-3-2-4-10-19)23(24)16-8-14-21-13-7-12-20-11-5-6-15-22(20)21/h2-7,9-13,15,18,23-24H,8,14,16-17H2,1H3/t18-,23-/m0/s1. The lowest BCUT2D eigenvalue weighted by Crippen LogP contribution is -2.26. The number of rotatable bonds is 8. The predicted molar refractivity (Wildman–Crippen MR) is 104 cm³/mol. The molecule has 0 saturated carbocycles. The van der Waals surface area contributed by atoms with Crippen LogP contribution in [-0.2, 0) is 17.8 Å². The minimum Gasteiger partial charge on any atom is -0.390 e. The van der Waals surface area contributed by atoms with Gasteiger partial charge in [0, 0.05) is 0 Å². The maximum absolute atomic E-state index is 10.4. The third kappa shape index (κ3) is 4.91. The third-order valence-electron chi connectivity index (χ3n) is 4.72. The zero-order valence-corrected chi connectivity index (χ0v) is 14.8. The van der Waals surface area contributed by atoms with Crippen LogP contribution in [0.5, 0.6) is 0 Å². The van der Waals surface area contributed by atoms with E-state index < -0.39 is 6.10 Å². The fourth-order valence-electron chi connectivity index (χ4n) is 3.16. The van der Waals surface area contributed by atoms with E-state index in [0.717, 1.165) is 24.8 Å². The first-order chi connectivity index (χ1) is 12.2. The molecule has 0 fully saturated rings. The molecular weight excluding hydrogens is 308 g/mol. The number of ether oxygens (including phenoxy) is 1. The average molecular weight is 334 g/mol. The summed E-state index contributed by atoms with van der Waals surface area (Å²) in [5.74, 6) is 0. The number of fused-ring (bicyclic) bond motifs is 1. The summed E-state index contributed by atoms with van der Waals surface area (Å²) in [4.78, 5) is 0. The Morgan fingerprint density at radius 3 is 2.44 bits per heavy atom. The minimum atomic E-state index is -0.432. The van der Waals surface area contributed by atoms with Crippen LogP contribution in [0.2, 0.25) is 0 Å². The lowest BCUT2D eigenvalue weighted by molar-refractivity contribution is -0.0385. The van der Waals surface area contributed by atoms with Gasteiger partial charge in [-0.1, -0.05) is 72.8 Å². The second-order valence-electron chi connectivity index (χ2n) is 6.60. The van der Waals surface area contributed by atoms with Crippen molar-refractivity contribution in [3.8, 4) is 0 Å². The zero-order chi connectivity index (χ0) is 17.5. The Balaban J connectivity index is 1.47. The summed E-state index contributed by atoms with van der Waals surface area (Å²) in [6, 6.07) is 25.0. The van der Waals surface area contributed by atoms with Gasteiger partial charge >= 0.3 is 0 Å². The van der Waals surface area contributed by atoms with E-state index in [0.29, 0.717) is 6.61 Å². The van der Waals surface area contributed by atoms with Crippen molar-refractivity contribution in [3.63, 3.8) is 0 Å². The molecular formula is C23H26O2. The number of aliphatic hydroxyl groups excluding tert-OH is 1. The fraction of sp³-hybridized carbons (Fsp3) is 0.304. The molecule has 0 saturated heterocycles. The van der Waals surface area contributed by atoms with Gasteiger partial charge in [0.2, 0.25) is 0 Å². The largest absolute Gasteiger partial charge is 0.390 e. The van der Waals surface area contributed by atoms with Crippen molar-refractivity contribution in [2.24, 2.45) is 0 Å². The van der Waals surface area contributed by atoms with Gasteiger partial charge in [-0.25, -0.2) is 0 Å². The molecule has 130 valence electrons. The van der Waals surface area contributed by atoms with Gasteiger partial charge in [-0.2, -0.15) is 0 Å². The molecule has 3 rings (SSSR count). The van der Waals surface area contributed by atoms with Gasteiger partial charge in [0.25, 0.3) is 0 Å². The van der Waals surface area contributed by atoms with Crippen LogP contribution in [-0.4, -0.2) is 17.3 Å². The van der Waals surface area contributed by atoms with Crippen LogP contribution in [0.15, 0.2) is 72.8 Å². The smallest absolute Gasteiger partial charge is 0.0810 e. The molecule has 0 aliphatic carbocycles. The molecule has 0 spiro atoms. The molecule has 25 heavy (non-hydrogen) atoms. The van der Waals surface area contributed by atoms with Gasteiger partial charge in [0.05, 0.1) is 18.8 Å². The number of hydrogen-bond acceptors (Lipinski definition) is 2. The van der Waals surface area contributed by atoms with E-state index in [1.807, 2.05) is 37.3 Å². The monoisotopic (exact) mass is 334 g/mol. The molecule has 2 heteroatoms. The van der Waals surface area contributed by atoms with E-state index >= 15 is 0 Å². The first-order valence-electron chi connectivity index (χ1n) is 9.04. The Bertz CT molecular complexity index is 777. The van der Waals surface area contributed by atoms with Crippen LogP contribution >= 0.6 is 0 Å². The Hall–Kier alpha value is -2.16. The van der Waals surface area contributed by atoms with E-state index in [4.69, 9.17) is 4.74 Å². The molecule has 0 aromatic heterocycles. The van der Waals surface area contributed by atoms with Gasteiger partial charge < -0.3 is 9.84 Å². The normalized spacial score (nSPS) is 13.7. The molecule has 2 atom stereocenters. The number of aliphatic hydroxyl groups is 1. The molecule has 3 aromatic carbocycles. The maximum Gasteiger partial charge on any atom is 0.0810 e. The molecule has 2 nitrogen and oxygen atoms in total. The third-order valence-corrected chi connectivity index (χ3v) is 4.72. The second-order valence-corrected chi connectivity index (χ2v) is 6.60. The fourth-order valence-corrected chi connectivity index (χ4v) is 3.16. The molecule has 0 aliphatic heterocycles. The summed E-state index contributed by atoms with van der Waals surface area (Å²) in [5, 5.41) is 13.0. The zero-order valence-electron chi connectivity index (χ0n) is 14.8. The lowest BCUT2D eigenvalue weighted by atomic mass is 9.98. The van der Waals surface area contributed by atoms with Gasteiger partial charge in [0.1, 0.15) is 0 Å². The van der Waals surface area contributed by atoms with E-state index in [9.17, 15) is 5.11 Å². The predicted octanol–water partition coefficient (Wildman–Crippen LogP) is 5.13. The SMILES string of the molecule is C[C@H](OCc1ccccc1)[C@@H](O)CCCc1cccc2ccccc12. The van der Waals surface area contributed by atoms with Crippen LogP contribution in [0.25, 0.3) is 10.8 Å². The number of benzene rings is 3. The molecule has 3 aromatic rings. The van der Waals surface area contributed by atoms with Gasteiger partial charge in [-0.15, -0.1) is 0 Å². The Morgan fingerprint density at radius 1 is 0.880 bits per heavy atom. The summed E-state index contributed by atoms with van der Waals surface area (Å²) in [6.45, 7) is 2.49. The molecule has 0 aliphatic rings. The van der Waals surface area contributed by atoms with Crippen molar-refractivity contribution >= 4 is 10.8 Å². The van der Waals surface area contributed by atoms with Crippen molar-refractivity contribution in [2.45, 2.75) is 45.0 Å². The number of aryl methyl sites for hydroxylation is 1. The molecule has 1 N–H and O–H groups in total. The molecule has 0 radical (unpaired) electrons. The summed E-state index contributed by atoms with van der Waals surface area (Å²) in [5.41, 5.74) is 2.49. The quantitative estimate of drug-likeness (QED) is 0.619. The number of hydrogen-bond donors (Lipinski definition) is 1. The summed E-state index contributed by atoms with van der Waals surface area (Å²) in [6.07, 6.45) is 2.09. The van der Waals surface area contributed by atoms with Crippen molar-refractivity contribution in [3.05, 3.63) is 83.9 Å². The lowest BCUT2D eigenvalue weighted by Gasteiger charge is -2.19. The minimum absolute atomic E-state index is 0.160. The molecule has 0 heterocycles. The summed E-state index contributed by atoms with van der Waals surface area (Å²) in [7, 11) is 0. The van der Waals surface area contributed by atoms with Crippen LogP contribution < -0.4 is 0 Å². The maximum atomic E-state index is 10.4. The first-order valence-corrected chi connectivity index (χ1v) is 9.04. The van der Waals surface area contributed by atoms with Gasteiger partial charge in [-0.05, 0) is 48.1 Å². The molecule has 0 bridgehead atoms. The molecule has 0 amide bonds. The summed E-state index contributed by atoms with van der Waals surface area (Å²) >= 11 is 0. The van der Waals surface area contributed by atoms with Crippen LogP contribution in [0.1, 0.15) is 30.9 Å². The van der Waals surface area contributed by atoms with Crippen LogP contribution in [0, 0.1) is 0 Å². The van der Waals surface area contributed by atoms with Gasteiger partial charge in [0.15, 0.2) is 0 Å². The van der Waals surface area contributed by atoms with Crippen LogP contribution in [0.3, 0.4) is 0 Å². The van der Waals surface area contributed by atoms with Gasteiger partial charge in [-0.3, -0.25) is 0 Å². The molecule has 0 unspecified atom stereocenters. The van der Waals surface area contributed by atoms with Crippen LogP contribution in [0.4, 0.5) is 0 Å². The Labute approximate surface area is 150 Å². The highest BCUT2D eigenvalue weighted by atomic mass is 16.5. The van der Waals surface area contributed by atoms with Crippen molar-refractivity contribution in [1.29, 1.82) is 0 Å². The highest BCUT2D eigenvalue weighted by Crippen LogP contribution is 2.21. The highest BCUT2D eigenvalue weighted by molar-refractivity contribution is 5.85. The average Bonchev–Trinajstić information content (AvgIpc) is 2.67. The Kier molecular flexibility index (Phi) is 6.21. The summed E-state index contributed by atoms with van der Waals surface area (Å²) < 4.78 is 5.81. The first kappa shape index (κ1) is 17.7. The van der Waals surface area contributed by atoms with Crippen molar-refractivity contribution in [2.75, 3.05) is 0 Å².